The Kier molecular flexibility index (Phi) is 4.75. The van der Waals surface area contributed by atoms with Gasteiger partial charge in [-0.1, -0.05) is 30.3 Å². The number of nitrogens with zero attached hydrogens (tertiary/aromatic N) is 2. The standard InChI is InChI=1S/C17H18F3N5O/c1-11-6-5-9-14(25-16(26)21-22-23-25)15(11)24(2)10-12-7-3-4-8-13(12)17(18,19)20/h3-9,22-23H,10H2,1-2H3,(H,21,26). The average Bonchev–Trinajstić information content (AvgIpc) is 3.00. The van der Waals surface area contributed by atoms with E-state index < -0.39 is 17.8 Å². The molecule has 2 aromatic carbocycles. The van der Waals surface area contributed by atoms with Crippen LogP contribution in [-0.2, 0) is 12.7 Å². The Labute approximate surface area is 148 Å². The predicted molar refractivity (Wildman–Crippen MR) is 92.0 cm³/mol. The number of urea groups is 1. The number of nitrogens with one attached hydrogen (secondary N) is 3. The molecule has 0 spiro atoms. The first-order chi connectivity index (χ1) is 12.3. The number of para-hydroxylation sites is 1. The zero-order valence-corrected chi connectivity index (χ0v) is 14.2. The van der Waals surface area contributed by atoms with Gasteiger partial charge in [-0.3, -0.25) is 5.43 Å². The summed E-state index contributed by atoms with van der Waals surface area (Å²) < 4.78 is 39.8. The lowest BCUT2D eigenvalue weighted by Crippen LogP contribution is -2.38. The molecule has 2 amide bonds. The summed E-state index contributed by atoms with van der Waals surface area (Å²) in [5, 5.41) is 1.26. The Morgan fingerprint density at radius 2 is 1.85 bits per heavy atom. The second kappa shape index (κ2) is 6.85. The number of alkyl halides is 3. The summed E-state index contributed by atoms with van der Waals surface area (Å²) in [4.78, 5) is 13.6. The molecule has 1 aliphatic rings. The van der Waals surface area contributed by atoms with Gasteiger partial charge in [0.05, 0.1) is 16.9 Å². The zero-order chi connectivity index (χ0) is 18.9. The van der Waals surface area contributed by atoms with E-state index in [4.69, 9.17) is 0 Å². The predicted octanol–water partition coefficient (Wildman–Crippen LogP) is 3.10. The van der Waals surface area contributed by atoms with Gasteiger partial charge < -0.3 is 4.90 Å². The van der Waals surface area contributed by atoms with E-state index in [0.29, 0.717) is 11.4 Å². The molecule has 0 bridgehead atoms. The van der Waals surface area contributed by atoms with Gasteiger partial charge >= 0.3 is 12.2 Å². The summed E-state index contributed by atoms with van der Waals surface area (Å²) in [5.74, 6) is 0. The van der Waals surface area contributed by atoms with Gasteiger partial charge in [0.25, 0.3) is 0 Å². The molecule has 3 rings (SSSR count). The van der Waals surface area contributed by atoms with E-state index in [1.165, 1.54) is 17.1 Å². The quantitative estimate of drug-likeness (QED) is 0.779. The fraction of sp³-hybridized carbons (Fsp3) is 0.235. The second-order valence-electron chi connectivity index (χ2n) is 5.96. The van der Waals surface area contributed by atoms with Crippen LogP contribution < -0.4 is 26.4 Å². The molecule has 0 unspecified atom stereocenters. The molecule has 9 heteroatoms. The Morgan fingerprint density at radius 1 is 1.12 bits per heavy atom. The highest BCUT2D eigenvalue weighted by molar-refractivity contribution is 5.96. The maximum atomic E-state index is 13.3. The molecule has 0 atom stereocenters. The van der Waals surface area contributed by atoms with Gasteiger partial charge in [-0.25, -0.2) is 9.80 Å². The summed E-state index contributed by atoms with van der Waals surface area (Å²) in [6, 6.07) is 10.4. The number of rotatable bonds is 4. The Hall–Kier alpha value is -2.78. The van der Waals surface area contributed by atoms with E-state index in [2.05, 4.69) is 16.5 Å². The van der Waals surface area contributed by atoms with Crippen LogP contribution in [0.15, 0.2) is 42.5 Å². The number of anilines is 2. The third-order valence-corrected chi connectivity index (χ3v) is 4.11. The highest BCUT2D eigenvalue weighted by atomic mass is 19.4. The van der Waals surface area contributed by atoms with Crippen molar-refractivity contribution in [3.8, 4) is 0 Å². The smallest absolute Gasteiger partial charge is 0.368 e. The van der Waals surface area contributed by atoms with E-state index in [9.17, 15) is 18.0 Å². The largest absolute Gasteiger partial charge is 0.416 e. The number of aryl methyl sites for hydroxylation is 1. The maximum absolute atomic E-state index is 13.3. The van der Waals surface area contributed by atoms with Crippen LogP contribution >= 0.6 is 0 Å². The number of hydrogen-bond acceptors (Lipinski definition) is 4. The molecule has 0 saturated carbocycles. The summed E-state index contributed by atoms with van der Waals surface area (Å²) in [6.45, 7) is 1.88. The molecule has 1 heterocycles. The Bertz CT molecular complexity index is 824. The van der Waals surface area contributed by atoms with Crippen LogP contribution in [0.5, 0.6) is 0 Å². The van der Waals surface area contributed by atoms with Crippen LogP contribution in [0.4, 0.5) is 29.3 Å². The molecule has 0 radical (unpaired) electrons. The normalized spacial score (nSPS) is 14.5. The first kappa shape index (κ1) is 18.0. The van der Waals surface area contributed by atoms with Crippen LogP contribution in [0.25, 0.3) is 0 Å². The first-order valence-corrected chi connectivity index (χ1v) is 7.85. The monoisotopic (exact) mass is 365 g/mol. The van der Waals surface area contributed by atoms with E-state index >= 15 is 0 Å². The lowest BCUT2D eigenvalue weighted by atomic mass is 10.1. The van der Waals surface area contributed by atoms with Gasteiger partial charge in [-0.2, -0.15) is 13.2 Å². The molecular weight excluding hydrogens is 347 g/mol. The summed E-state index contributed by atoms with van der Waals surface area (Å²) in [6.07, 6.45) is -4.42. The lowest BCUT2D eigenvalue weighted by Gasteiger charge is -2.28. The molecular formula is C17H18F3N5O. The Balaban J connectivity index is 1.97. The minimum absolute atomic E-state index is 0.0381. The molecule has 0 aromatic heterocycles. The van der Waals surface area contributed by atoms with Gasteiger partial charge in [0, 0.05) is 13.6 Å². The fourth-order valence-corrected chi connectivity index (χ4v) is 3.00. The first-order valence-electron chi connectivity index (χ1n) is 7.85. The van der Waals surface area contributed by atoms with E-state index in [0.717, 1.165) is 11.6 Å². The van der Waals surface area contributed by atoms with E-state index in [1.54, 1.807) is 30.1 Å². The number of halogens is 3. The summed E-state index contributed by atoms with van der Waals surface area (Å²) in [5.41, 5.74) is 9.05. The number of amides is 2. The Morgan fingerprint density at radius 3 is 2.50 bits per heavy atom. The van der Waals surface area contributed by atoms with E-state index in [-0.39, 0.29) is 12.1 Å². The van der Waals surface area contributed by atoms with Crippen LogP contribution in [0.2, 0.25) is 0 Å². The number of carbonyl (C=O) groups is 1. The molecule has 6 nitrogen and oxygen atoms in total. The van der Waals surface area contributed by atoms with Gasteiger partial charge in [-0.15, -0.1) is 11.1 Å². The molecule has 138 valence electrons. The van der Waals surface area contributed by atoms with Crippen molar-refractivity contribution < 1.29 is 18.0 Å². The van der Waals surface area contributed by atoms with Crippen molar-refractivity contribution in [1.82, 2.24) is 16.5 Å². The van der Waals surface area contributed by atoms with Gasteiger partial charge in [-0.05, 0) is 30.2 Å². The van der Waals surface area contributed by atoms with Crippen LogP contribution in [0, 0.1) is 6.92 Å². The van der Waals surface area contributed by atoms with Crippen molar-refractivity contribution in [2.75, 3.05) is 17.0 Å². The van der Waals surface area contributed by atoms with E-state index in [1.807, 2.05) is 13.0 Å². The molecule has 3 N–H and O–H groups in total. The van der Waals surface area contributed by atoms with Crippen molar-refractivity contribution in [2.24, 2.45) is 0 Å². The minimum atomic E-state index is -4.42. The lowest BCUT2D eigenvalue weighted by molar-refractivity contribution is -0.138. The number of carbonyl (C=O) groups excluding carboxylic acids is 1. The fourth-order valence-electron chi connectivity index (χ4n) is 3.00. The zero-order valence-electron chi connectivity index (χ0n) is 14.2. The SMILES string of the molecule is Cc1cccc(N2NNNC2=O)c1N(C)Cc1ccccc1C(F)(F)F. The van der Waals surface area contributed by atoms with Crippen molar-refractivity contribution >= 4 is 17.4 Å². The minimum Gasteiger partial charge on any atom is -0.368 e. The molecule has 1 fully saturated rings. The molecule has 1 saturated heterocycles. The van der Waals surface area contributed by atoms with Crippen LogP contribution in [-0.4, -0.2) is 13.1 Å². The summed E-state index contributed by atoms with van der Waals surface area (Å²) in [7, 11) is 1.69. The van der Waals surface area contributed by atoms with Gasteiger partial charge in [0.1, 0.15) is 0 Å². The van der Waals surface area contributed by atoms with Gasteiger partial charge in [0.15, 0.2) is 0 Å². The number of hydrazine groups is 3. The number of hydrogen-bond donors (Lipinski definition) is 3. The van der Waals surface area contributed by atoms with Crippen molar-refractivity contribution in [3.63, 3.8) is 0 Å². The second-order valence-corrected chi connectivity index (χ2v) is 5.96. The highest BCUT2D eigenvalue weighted by Crippen LogP contribution is 2.36. The summed E-state index contributed by atoms with van der Waals surface area (Å²) >= 11 is 0. The average molecular weight is 365 g/mol. The van der Waals surface area contributed by atoms with Crippen molar-refractivity contribution in [2.45, 2.75) is 19.6 Å². The third-order valence-electron chi connectivity index (χ3n) is 4.11. The third kappa shape index (κ3) is 3.44. The van der Waals surface area contributed by atoms with Crippen molar-refractivity contribution in [3.05, 3.63) is 59.2 Å². The molecule has 2 aromatic rings. The molecule has 1 aliphatic heterocycles. The topological polar surface area (TPSA) is 59.6 Å². The highest BCUT2D eigenvalue weighted by Gasteiger charge is 2.33. The molecule has 0 aliphatic carbocycles. The maximum Gasteiger partial charge on any atom is 0.416 e. The molecule has 26 heavy (non-hydrogen) atoms. The van der Waals surface area contributed by atoms with Crippen molar-refractivity contribution in [1.29, 1.82) is 0 Å². The van der Waals surface area contributed by atoms with Gasteiger partial charge in [0.2, 0.25) is 0 Å². The number of benzene rings is 2. The van der Waals surface area contributed by atoms with Crippen LogP contribution in [0.1, 0.15) is 16.7 Å². The van der Waals surface area contributed by atoms with Crippen LogP contribution in [0.3, 0.4) is 0 Å².